The van der Waals surface area contributed by atoms with Crippen molar-refractivity contribution < 1.29 is 9.53 Å². The van der Waals surface area contributed by atoms with Crippen LogP contribution in [0.25, 0.3) is 22.3 Å². The van der Waals surface area contributed by atoms with Gasteiger partial charge in [0.25, 0.3) is 0 Å². The third kappa shape index (κ3) is 3.07. The van der Waals surface area contributed by atoms with E-state index in [9.17, 15) is 4.79 Å². The summed E-state index contributed by atoms with van der Waals surface area (Å²) in [6.07, 6.45) is 6.84. The zero-order valence-corrected chi connectivity index (χ0v) is 13.0. The number of aromatic amines is 1. The van der Waals surface area contributed by atoms with Gasteiger partial charge in [-0.05, 0) is 13.0 Å². The van der Waals surface area contributed by atoms with E-state index in [2.05, 4.69) is 25.4 Å². The minimum atomic E-state index is -0.413. The smallest absolute Gasteiger partial charge is 0.244 e. The third-order valence-corrected chi connectivity index (χ3v) is 3.61. The molecule has 3 aromatic heterocycles. The van der Waals surface area contributed by atoms with Gasteiger partial charge in [0, 0.05) is 37.0 Å². The molecule has 0 aliphatic heterocycles. The molecule has 0 spiro atoms. The molecule has 0 fully saturated rings. The fourth-order valence-electron chi connectivity index (χ4n) is 2.32. The number of carbonyl (C=O) groups excluding carboxylic acids is 1. The quantitative estimate of drug-likeness (QED) is 0.665. The second-order valence-electron chi connectivity index (χ2n) is 5.13. The minimum Gasteiger partial charge on any atom is -0.383 e. The minimum absolute atomic E-state index is 0.105. The number of methoxy groups -OCH3 is 1. The number of fused-ring (bicyclic) bond motifs is 1. The number of ether oxygens (including phenoxy) is 1. The first-order valence-electron chi connectivity index (χ1n) is 7.30. The second-order valence-corrected chi connectivity index (χ2v) is 5.13. The molecule has 8 nitrogen and oxygen atoms in total. The fraction of sp³-hybridized carbons (Fsp3) is 0.333. The lowest BCUT2D eigenvalue weighted by molar-refractivity contribution is -0.124. The van der Waals surface area contributed by atoms with Crippen molar-refractivity contribution in [2.75, 3.05) is 20.3 Å². The molecule has 1 atom stereocenters. The molecule has 120 valence electrons. The predicted molar refractivity (Wildman–Crippen MR) is 84.7 cm³/mol. The number of nitrogens with one attached hydrogen (secondary N) is 2. The van der Waals surface area contributed by atoms with Gasteiger partial charge in [-0.15, -0.1) is 0 Å². The van der Waals surface area contributed by atoms with E-state index in [0.717, 1.165) is 22.3 Å². The van der Waals surface area contributed by atoms with Gasteiger partial charge in [0.2, 0.25) is 5.91 Å². The van der Waals surface area contributed by atoms with Crippen LogP contribution in [-0.2, 0) is 9.53 Å². The van der Waals surface area contributed by atoms with Crippen LogP contribution >= 0.6 is 0 Å². The first-order chi connectivity index (χ1) is 11.2. The molecule has 3 heterocycles. The Balaban J connectivity index is 1.80. The predicted octanol–water partition coefficient (Wildman–Crippen LogP) is 1.14. The molecule has 0 aromatic carbocycles. The molecule has 3 aromatic rings. The van der Waals surface area contributed by atoms with Crippen molar-refractivity contribution >= 4 is 16.9 Å². The van der Waals surface area contributed by atoms with Gasteiger partial charge >= 0.3 is 0 Å². The average molecular weight is 314 g/mol. The summed E-state index contributed by atoms with van der Waals surface area (Å²) in [5.74, 6) is -0.105. The first kappa shape index (κ1) is 15.2. The Morgan fingerprint density at radius 1 is 1.48 bits per heavy atom. The van der Waals surface area contributed by atoms with Crippen molar-refractivity contribution in [2.45, 2.75) is 13.0 Å². The van der Waals surface area contributed by atoms with E-state index in [1.807, 2.05) is 18.5 Å². The van der Waals surface area contributed by atoms with E-state index in [1.165, 1.54) is 6.33 Å². The maximum absolute atomic E-state index is 12.1. The van der Waals surface area contributed by atoms with Gasteiger partial charge in [0.15, 0.2) is 0 Å². The molecular formula is C15H18N6O2. The highest BCUT2D eigenvalue weighted by atomic mass is 16.5. The summed E-state index contributed by atoms with van der Waals surface area (Å²) in [4.78, 5) is 23.6. The van der Waals surface area contributed by atoms with Gasteiger partial charge in [-0.3, -0.25) is 9.48 Å². The average Bonchev–Trinajstić information content (AvgIpc) is 3.23. The van der Waals surface area contributed by atoms with Crippen LogP contribution in [0, 0.1) is 0 Å². The van der Waals surface area contributed by atoms with Gasteiger partial charge in [0.05, 0.1) is 18.5 Å². The van der Waals surface area contributed by atoms with E-state index in [0.29, 0.717) is 13.2 Å². The topological polar surface area (TPSA) is 97.7 Å². The Morgan fingerprint density at radius 2 is 2.35 bits per heavy atom. The number of carbonyl (C=O) groups is 1. The third-order valence-electron chi connectivity index (χ3n) is 3.61. The van der Waals surface area contributed by atoms with Crippen molar-refractivity contribution in [3.8, 4) is 11.3 Å². The normalized spacial score (nSPS) is 12.4. The van der Waals surface area contributed by atoms with Crippen molar-refractivity contribution in [3.05, 3.63) is 31.0 Å². The number of nitrogens with zero attached hydrogens (tertiary/aromatic N) is 4. The van der Waals surface area contributed by atoms with Gasteiger partial charge in [-0.2, -0.15) is 5.10 Å². The van der Waals surface area contributed by atoms with Crippen LogP contribution in [0.4, 0.5) is 0 Å². The van der Waals surface area contributed by atoms with Gasteiger partial charge < -0.3 is 15.0 Å². The Kier molecular flexibility index (Phi) is 4.33. The molecule has 8 heteroatoms. The molecule has 3 rings (SSSR count). The van der Waals surface area contributed by atoms with Crippen molar-refractivity contribution in [1.29, 1.82) is 0 Å². The number of aromatic nitrogens is 5. The van der Waals surface area contributed by atoms with E-state index >= 15 is 0 Å². The number of H-pyrrole nitrogens is 1. The molecule has 0 aliphatic rings. The summed E-state index contributed by atoms with van der Waals surface area (Å²) in [6.45, 7) is 2.75. The monoisotopic (exact) mass is 314 g/mol. The lowest BCUT2D eigenvalue weighted by Crippen LogP contribution is -2.33. The summed E-state index contributed by atoms with van der Waals surface area (Å²) in [5.41, 5.74) is 2.40. The number of hydrogen-bond acceptors (Lipinski definition) is 5. The number of amides is 1. The van der Waals surface area contributed by atoms with E-state index in [4.69, 9.17) is 4.74 Å². The summed E-state index contributed by atoms with van der Waals surface area (Å²) in [6, 6.07) is 1.51. The summed E-state index contributed by atoms with van der Waals surface area (Å²) in [5, 5.41) is 8.01. The highest BCUT2D eigenvalue weighted by Crippen LogP contribution is 2.24. The Morgan fingerprint density at radius 3 is 3.17 bits per heavy atom. The van der Waals surface area contributed by atoms with Crippen molar-refractivity contribution in [2.24, 2.45) is 0 Å². The fourth-order valence-corrected chi connectivity index (χ4v) is 2.32. The van der Waals surface area contributed by atoms with E-state index in [-0.39, 0.29) is 5.91 Å². The van der Waals surface area contributed by atoms with Crippen LogP contribution < -0.4 is 5.32 Å². The maximum Gasteiger partial charge on any atom is 0.244 e. The molecule has 1 amide bonds. The van der Waals surface area contributed by atoms with E-state index < -0.39 is 6.04 Å². The molecule has 0 bridgehead atoms. The summed E-state index contributed by atoms with van der Waals surface area (Å²) < 4.78 is 6.54. The Hall–Kier alpha value is -2.74. The Labute approximate surface area is 132 Å². The van der Waals surface area contributed by atoms with Crippen molar-refractivity contribution in [3.63, 3.8) is 0 Å². The van der Waals surface area contributed by atoms with Crippen LogP contribution in [0.15, 0.2) is 31.0 Å². The molecule has 0 radical (unpaired) electrons. The zero-order valence-electron chi connectivity index (χ0n) is 13.0. The molecule has 23 heavy (non-hydrogen) atoms. The highest BCUT2D eigenvalue weighted by molar-refractivity contribution is 5.90. The maximum atomic E-state index is 12.1. The van der Waals surface area contributed by atoms with Crippen LogP contribution in [0.3, 0.4) is 0 Å². The zero-order chi connectivity index (χ0) is 16.2. The molecular weight excluding hydrogens is 296 g/mol. The number of hydrogen-bond donors (Lipinski definition) is 2. The molecule has 0 saturated carbocycles. The van der Waals surface area contributed by atoms with Crippen LogP contribution in [0.1, 0.15) is 13.0 Å². The highest BCUT2D eigenvalue weighted by Gasteiger charge is 2.17. The first-order valence-corrected chi connectivity index (χ1v) is 7.30. The van der Waals surface area contributed by atoms with Crippen LogP contribution in [-0.4, -0.2) is 50.9 Å². The van der Waals surface area contributed by atoms with Gasteiger partial charge in [-0.25, -0.2) is 9.97 Å². The SMILES string of the molecule is COCCNC(=O)C(C)n1cc(-c2ncnc3[nH]ccc23)cn1. The lowest BCUT2D eigenvalue weighted by Gasteiger charge is -2.12. The van der Waals surface area contributed by atoms with Crippen molar-refractivity contribution in [1.82, 2.24) is 30.0 Å². The van der Waals surface area contributed by atoms with Gasteiger partial charge in [0.1, 0.15) is 18.0 Å². The molecule has 2 N–H and O–H groups in total. The number of rotatable bonds is 6. The molecule has 0 saturated heterocycles. The Bertz CT molecular complexity index is 809. The van der Waals surface area contributed by atoms with Gasteiger partial charge in [-0.1, -0.05) is 0 Å². The van der Waals surface area contributed by atoms with E-state index in [1.54, 1.807) is 24.9 Å². The summed E-state index contributed by atoms with van der Waals surface area (Å²) in [7, 11) is 1.60. The molecule has 1 unspecified atom stereocenters. The summed E-state index contributed by atoms with van der Waals surface area (Å²) >= 11 is 0. The largest absolute Gasteiger partial charge is 0.383 e. The van der Waals surface area contributed by atoms with Crippen LogP contribution in [0.2, 0.25) is 0 Å². The second kappa shape index (κ2) is 6.57. The molecule has 0 aliphatic carbocycles. The lowest BCUT2D eigenvalue weighted by atomic mass is 10.2. The standard InChI is InChI=1S/C15H18N6O2/c1-10(15(22)17-5-6-23-2)21-8-11(7-20-21)13-12-3-4-16-14(12)19-9-18-13/h3-4,7-10H,5-6H2,1-2H3,(H,17,22)(H,16,18,19). The van der Waals surface area contributed by atoms with Crippen LogP contribution in [0.5, 0.6) is 0 Å².